The van der Waals surface area contributed by atoms with Gasteiger partial charge in [-0.1, -0.05) is 35.6 Å². The highest BCUT2D eigenvalue weighted by molar-refractivity contribution is 7.22. The minimum absolute atomic E-state index is 0.204. The van der Waals surface area contributed by atoms with E-state index in [1.165, 1.54) is 16.9 Å². The van der Waals surface area contributed by atoms with Crippen molar-refractivity contribution in [3.05, 3.63) is 77.4 Å². The number of ether oxygens (including phenoxy) is 1. The van der Waals surface area contributed by atoms with Crippen LogP contribution in [-0.2, 0) is 0 Å². The van der Waals surface area contributed by atoms with Gasteiger partial charge in [-0.25, -0.2) is 4.98 Å². The van der Waals surface area contributed by atoms with Gasteiger partial charge in [0.25, 0.3) is 5.91 Å². The molecule has 4 rings (SSSR count). The van der Waals surface area contributed by atoms with Crippen molar-refractivity contribution in [1.29, 1.82) is 0 Å². The van der Waals surface area contributed by atoms with Crippen molar-refractivity contribution >= 4 is 44.0 Å². The summed E-state index contributed by atoms with van der Waals surface area (Å²) in [5, 5.41) is 6.88. The number of thiazole rings is 1. The molecule has 29 heavy (non-hydrogen) atoms. The third kappa shape index (κ3) is 3.93. The summed E-state index contributed by atoms with van der Waals surface area (Å²) in [6.45, 7) is 4.14. The highest BCUT2D eigenvalue weighted by Gasteiger charge is 2.15. The van der Waals surface area contributed by atoms with Gasteiger partial charge in [0.05, 0.1) is 28.6 Å². The third-order valence-corrected chi connectivity index (χ3v) is 5.80. The normalized spacial score (nSPS) is 10.7. The van der Waals surface area contributed by atoms with E-state index in [2.05, 4.69) is 35.5 Å². The number of nitrogens with zero attached hydrogens (tertiary/aromatic N) is 1. The molecule has 3 aromatic carbocycles. The van der Waals surface area contributed by atoms with Crippen LogP contribution in [0.5, 0.6) is 5.75 Å². The standard InChI is InChI=1S/C23H21N3O2S/c1-14-7-6-10-18(15(14)2)24-19-9-5-4-8-17(19)22(27)26-23-25-20-12-11-16(28-3)13-21(20)29-23/h4-13,24H,1-3H3,(H,25,26,27). The summed E-state index contributed by atoms with van der Waals surface area (Å²) >= 11 is 1.42. The molecule has 0 unspecified atom stereocenters. The van der Waals surface area contributed by atoms with Gasteiger partial charge in [-0.3, -0.25) is 10.1 Å². The van der Waals surface area contributed by atoms with E-state index < -0.39 is 0 Å². The van der Waals surface area contributed by atoms with Gasteiger partial charge in [0.1, 0.15) is 5.75 Å². The molecule has 0 saturated heterocycles. The van der Waals surface area contributed by atoms with Crippen LogP contribution in [0.25, 0.3) is 10.2 Å². The number of carbonyl (C=O) groups is 1. The smallest absolute Gasteiger partial charge is 0.259 e. The van der Waals surface area contributed by atoms with E-state index >= 15 is 0 Å². The van der Waals surface area contributed by atoms with Gasteiger partial charge < -0.3 is 10.1 Å². The van der Waals surface area contributed by atoms with Crippen LogP contribution in [0, 0.1) is 13.8 Å². The van der Waals surface area contributed by atoms with Crippen molar-refractivity contribution in [3.63, 3.8) is 0 Å². The van der Waals surface area contributed by atoms with Gasteiger partial charge >= 0.3 is 0 Å². The van der Waals surface area contributed by atoms with Crippen LogP contribution in [0.3, 0.4) is 0 Å². The predicted octanol–water partition coefficient (Wildman–Crippen LogP) is 5.92. The van der Waals surface area contributed by atoms with E-state index in [0.717, 1.165) is 32.9 Å². The lowest BCUT2D eigenvalue weighted by Crippen LogP contribution is -2.13. The van der Waals surface area contributed by atoms with Gasteiger partial charge in [0, 0.05) is 5.69 Å². The van der Waals surface area contributed by atoms with E-state index in [1.54, 1.807) is 13.2 Å². The second-order valence-corrected chi connectivity index (χ2v) is 7.76. The lowest BCUT2D eigenvalue weighted by Gasteiger charge is -2.14. The maximum absolute atomic E-state index is 13.0. The Balaban J connectivity index is 1.60. The largest absolute Gasteiger partial charge is 0.497 e. The molecule has 0 spiro atoms. The molecule has 0 aliphatic carbocycles. The number of benzene rings is 3. The van der Waals surface area contributed by atoms with Gasteiger partial charge in [-0.05, 0) is 61.4 Å². The molecular weight excluding hydrogens is 382 g/mol. The van der Waals surface area contributed by atoms with Crippen molar-refractivity contribution in [2.24, 2.45) is 0 Å². The quantitative estimate of drug-likeness (QED) is 0.434. The highest BCUT2D eigenvalue weighted by atomic mass is 32.1. The molecule has 2 N–H and O–H groups in total. The summed E-state index contributed by atoms with van der Waals surface area (Å²) < 4.78 is 6.22. The predicted molar refractivity (Wildman–Crippen MR) is 120 cm³/mol. The second kappa shape index (κ2) is 7.93. The number of methoxy groups -OCH3 is 1. The molecule has 1 amide bonds. The Labute approximate surface area is 173 Å². The molecule has 0 atom stereocenters. The number of nitrogens with one attached hydrogen (secondary N) is 2. The summed E-state index contributed by atoms with van der Waals surface area (Å²) in [6.07, 6.45) is 0. The molecule has 1 heterocycles. The molecule has 4 aromatic rings. The van der Waals surface area contributed by atoms with E-state index in [0.29, 0.717) is 10.7 Å². The number of hydrogen-bond acceptors (Lipinski definition) is 5. The SMILES string of the molecule is COc1ccc2nc(NC(=O)c3ccccc3Nc3cccc(C)c3C)sc2c1. The van der Waals surface area contributed by atoms with Gasteiger partial charge in [0.2, 0.25) is 0 Å². The van der Waals surface area contributed by atoms with Crippen LogP contribution >= 0.6 is 11.3 Å². The monoisotopic (exact) mass is 403 g/mol. The zero-order valence-corrected chi connectivity index (χ0v) is 17.3. The van der Waals surface area contributed by atoms with E-state index in [9.17, 15) is 4.79 Å². The number of hydrogen-bond donors (Lipinski definition) is 2. The van der Waals surface area contributed by atoms with E-state index in [1.807, 2.05) is 48.5 Å². The van der Waals surface area contributed by atoms with Crippen molar-refractivity contribution in [2.45, 2.75) is 13.8 Å². The average molecular weight is 404 g/mol. The molecule has 0 radical (unpaired) electrons. The Morgan fingerprint density at radius 3 is 2.62 bits per heavy atom. The molecule has 0 aliphatic rings. The fourth-order valence-electron chi connectivity index (χ4n) is 3.07. The first-order chi connectivity index (χ1) is 14.0. The lowest BCUT2D eigenvalue weighted by atomic mass is 10.1. The first-order valence-corrected chi connectivity index (χ1v) is 10.0. The van der Waals surface area contributed by atoms with Crippen molar-refractivity contribution < 1.29 is 9.53 Å². The minimum atomic E-state index is -0.204. The maximum Gasteiger partial charge on any atom is 0.259 e. The number of fused-ring (bicyclic) bond motifs is 1. The topological polar surface area (TPSA) is 63.2 Å². The Hall–Kier alpha value is -3.38. The van der Waals surface area contributed by atoms with Crippen LogP contribution in [0.4, 0.5) is 16.5 Å². The molecular formula is C23H21N3O2S. The number of aromatic nitrogens is 1. The zero-order valence-electron chi connectivity index (χ0n) is 16.4. The Bertz CT molecular complexity index is 1200. The molecule has 0 saturated carbocycles. The summed E-state index contributed by atoms with van der Waals surface area (Å²) in [5.74, 6) is 0.562. The van der Waals surface area contributed by atoms with Crippen LogP contribution in [0.15, 0.2) is 60.7 Å². The van der Waals surface area contributed by atoms with Crippen molar-refractivity contribution in [2.75, 3.05) is 17.7 Å². The van der Waals surface area contributed by atoms with Crippen molar-refractivity contribution in [1.82, 2.24) is 4.98 Å². The van der Waals surface area contributed by atoms with Gasteiger partial charge in [-0.2, -0.15) is 0 Å². The average Bonchev–Trinajstić information content (AvgIpc) is 3.13. The molecule has 146 valence electrons. The number of amides is 1. The Morgan fingerprint density at radius 1 is 1.00 bits per heavy atom. The minimum Gasteiger partial charge on any atom is -0.497 e. The molecule has 1 aromatic heterocycles. The molecule has 5 nitrogen and oxygen atoms in total. The maximum atomic E-state index is 13.0. The van der Waals surface area contributed by atoms with Crippen LogP contribution in [0.2, 0.25) is 0 Å². The van der Waals surface area contributed by atoms with Crippen molar-refractivity contribution in [3.8, 4) is 5.75 Å². The fourth-order valence-corrected chi connectivity index (χ4v) is 3.96. The number of rotatable bonds is 5. The zero-order chi connectivity index (χ0) is 20.4. The number of para-hydroxylation sites is 1. The summed E-state index contributed by atoms with van der Waals surface area (Å²) in [4.78, 5) is 17.5. The lowest BCUT2D eigenvalue weighted by molar-refractivity contribution is 0.102. The first kappa shape index (κ1) is 19.0. The van der Waals surface area contributed by atoms with Crippen LogP contribution < -0.4 is 15.4 Å². The summed E-state index contributed by atoms with van der Waals surface area (Å²) in [7, 11) is 1.63. The first-order valence-electron chi connectivity index (χ1n) is 9.23. The highest BCUT2D eigenvalue weighted by Crippen LogP contribution is 2.30. The van der Waals surface area contributed by atoms with Gasteiger partial charge in [-0.15, -0.1) is 0 Å². The number of carbonyl (C=O) groups excluding carboxylic acids is 1. The Morgan fingerprint density at radius 2 is 1.79 bits per heavy atom. The molecule has 0 aliphatic heterocycles. The number of anilines is 3. The summed E-state index contributed by atoms with van der Waals surface area (Å²) in [5.41, 5.74) is 5.47. The Kier molecular flexibility index (Phi) is 5.18. The second-order valence-electron chi connectivity index (χ2n) is 6.72. The summed E-state index contributed by atoms with van der Waals surface area (Å²) in [6, 6.07) is 19.2. The molecule has 6 heteroatoms. The fraction of sp³-hybridized carbons (Fsp3) is 0.130. The van der Waals surface area contributed by atoms with Gasteiger partial charge in [0.15, 0.2) is 5.13 Å². The number of aryl methyl sites for hydroxylation is 1. The van der Waals surface area contributed by atoms with E-state index in [4.69, 9.17) is 4.74 Å². The van der Waals surface area contributed by atoms with Crippen LogP contribution in [-0.4, -0.2) is 18.0 Å². The third-order valence-electron chi connectivity index (χ3n) is 4.86. The van der Waals surface area contributed by atoms with Crippen LogP contribution in [0.1, 0.15) is 21.5 Å². The molecule has 0 bridgehead atoms. The molecule has 0 fully saturated rings. The van der Waals surface area contributed by atoms with E-state index in [-0.39, 0.29) is 5.91 Å².